The quantitative estimate of drug-likeness (QED) is 0.620. The van der Waals surface area contributed by atoms with Crippen molar-refractivity contribution < 1.29 is 14.3 Å². The Morgan fingerprint density at radius 1 is 0.750 bits per heavy atom. The van der Waals surface area contributed by atoms with Crippen molar-refractivity contribution in [1.82, 2.24) is 0 Å². The van der Waals surface area contributed by atoms with Crippen LogP contribution in [-0.4, -0.2) is 18.4 Å². The summed E-state index contributed by atoms with van der Waals surface area (Å²) < 4.78 is 5.18. The average molecular weight is 280 g/mol. The number of cyclic esters (lactones) is 1. The lowest BCUT2D eigenvalue weighted by atomic mass is 10.1. The summed E-state index contributed by atoms with van der Waals surface area (Å²) in [6.45, 7) is 0.503. The van der Waals surface area contributed by atoms with Crippen molar-refractivity contribution in [2.45, 2.75) is 77.0 Å². The van der Waals surface area contributed by atoms with Crippen molar-refractivity contribution in [3.63, 3.8) is 0 Å². The van der Waals surface area contributed by atoms with Gasteiger partial charge >= 0.3 is 5.97 Å². The molecule has 0 unspecified atom stereocenters. The zero-order chi connectivity index (χ0) is 14.5. The number of allylic oxidation sites excluding steroid dienone is 2. The van der Waals surface area contributed by atoms with Crippen LogP contribution in [-0.2, 0) is 14.3 Å². The van der Waals surface area contributed by atoms with E-state index >= 15 is 0 Å². The molecule has 0 saturated carbocycles. The molecule has 0 bridgehead atoms. The standard InChI is InChI=1S/C17H28O3/c18-16-12-8-5-3-1-2-4-6-10-14-17(19)20-15-11-7-9-13-16/h8,12H,1-7,9-11,13-15H2/b12-8+. The maximum absolute atomic E-state index is 11.6. The van der Waals surface area contributed by atoms with Crippen LogP contribution in [0.1, 0.15) is 77.0 Å². The molecule has 1 rings (SSSR count). The zero-order valence-electron chi connectivity index (χ0n) is 12.6. The number of ether oxygens (including phenoxy) is 1. The first kappa shape index (κ1) is 16.9. The zero-order valence-corrected chi connectivity index (χ0v) is 12.6. The second-order valence-electron chi connectivity index (χ2n) is 5.56. The van der Waals surface area contributed by atoms with E-state index in [1.165, 1.54) is 19.3 Å². The number of rotatable bonds is 0. The molecule has 0 radical (unpaired) electrons. The van der Waals surface area contributed by atoms with E-state index in [0.29, 0.717) is 19.4 Å². The molecule has 1 aliphatic rings. The summed E-state index contributed by atoms with van der Waals surface area (Å²) in [7, 11) is 0. The third-order valence-electron chi connectivity index (χ3n) is 3.64. The van der Waals surface area contributed by atoms with Gasteiger partial charge in [-0.05, 0) is 44.6 Å². The van der Waals surface area contributed by atoms with Gasteiger partial charge in [0.15, 0.2) is 5.78 Å². The first-order chi connectivity index (χ1) is 9.79. The van der Waals surface area contributed by atoms with Gasteiger partial charge in [0.1, 0.15) is 0 Å². The van der Waals surface area contributed by atoms with E-state index in [0.717, 1.165) is 44.9 Å². The van der Waals surface area contributed by atoms with E-state index in [2.05, 4.69) is 0 Å². The maximum Gasteiger partial charge on any atom is 0.305 e. The fourth-order valence-corrected chi connectivity index (χ4v) is 2.37. The lowest BCUT2D eigenvalue weighted by Gasteiger charge is -2.05. The number of carbonyl (C=O) groups is 2. The largest absolute Gasteiger partial charge is 0.466 e. The molecule has 0 spiro atoms. The van der Waals surface area contributed by atoms with Gasteiger partial charge < -0.3 is 4.74 Å². The molecule has 3 heteroatoms. The molecule has 0 N–H and O–H groups in total. The fraction of sp³-hybridized carbons (Fsp3) is 0.765. The second kappa shape index (κ2) is 11.7. The van der Waals surface area contributed by atoms with E-state index in [9.17, 15) is 9.59 Å². The van der Waals surface area contributed by atoms with Crippen LogP contribution in [0.4, 0.5) is 0 Å². The third-order valence-corrected chi connectivity index (χ3v) is 3.64. The highest BCUT2D eigenvalue weighted by atomic mass is 16.5. The summed E-state index contributed by atoms with van der Waals surface area (Å²) >= 11 is 0. The van der Waals surface area contributed by atoms with Crippen LogP contribution in [0.2, 0.25) is 0 Å². The molecule has 0 saturated heterocycles. The highest BCUT2D eigenvalue weighted by Crippen LogP contribution is 2.10. The molecular formula is C17H28O3. The van der Waals surface area contributed by atoms with Crippen LogP contribution < -0.4 is 0 Å². The summed E-state index contributed by atoms with van der Waals surface area (Å²) in [5.41, 5.74) is 0. The molecule has 114 valence electrons. The molecule has 1 aliphatic heterocycles. The van der Waals surface area contributed by atoms with E-state index in [4.69, 9.17) is 4.74 Å². The number of hydrogen-bond acceptors (Lipinski definition) is 3. The van der Waals surface area contributed by atoms with Gasteiger partial charge in [-0.25, -0.2) is 0 Å². The van der Waals surface area contributed by atoms with Crippen molar-refractivity contribution in [2.24, 2.45) is 0 Å². The molecule has 20 heavy (non-hydrogen) atoms. The molecule has 0 aliphatic carbocycles. The molecule has 3 nitrogen and oxygen atoms in total. The summed E-state index contributed by atoms with van der Waals surface area (Å²) in [6, 6.07) is 0. The minimum Gasteiger partial charge on any atom is -0.466 e. The molecule has 0 aromatic rings. The second-order valence-corrected chi connectivity index (χ2v) is 5.56. The van der Waals surface area contributed by atoms with E-state index in [-0.39, 0.29) is 11.8 Å². The topological polar surface area (TPSA) is 43.4 Å². The molecule has 0 atom stereocenters. The van der Waals surface area contributed by atoms with Gasteiger partial charge in [0, 0.05) is 12.8 Å². The van der Waals surface area contributed by atoms with Crippen LogP contribution in [0.5, 0.6) is 0 Å². The molecule has 1 heterocycles. The fourth-order valence-electron chi connectivity index (χ4n) is 2.37. The number of ketones is 1. The summed E-state index contributed by atoms with van der Waals surface area (Å²) in [6.07, 6.45) is 15.5. The Morgan fingerprint density at radius 2 is 1.40 bits per heavy atom. The number of esters is 1. The van der Waals surface area contributed by atoms with Gasteiger partial charge in [-0.2, -0.15) is 0 Å². The monoisotopic (exact) mass is 280 g/mol. The molecule has 0 aromatic carbocycles. The van der Waals surface area contributed by atoms with E-state index in [1.54, 1.807) is 6.08 Å². The predicted octanol–water partition coefficient (Wildman–Crippen LogP) is 4.35. The van der Waals surface area contributed by atoms with Gasteiger partial charge in [0.25, 0.3) is 0 Å². The Balaban J connectivity index is 2.26. The Bertz CT molecular complexity index is 307. The van der Waals surface area contributed by atoms with Crippen molar-refractivity contribution in [3.05, 3.63) is 12.2 Å². The Hall–Kier alpha value is -1.12. The minimum absolute atomic E-state index is 0.0647. The van der Waals surface area contributed by atoms with Crippen LogP contribution in [0.3, 0.4) is 0 Å². The smallest absolute Gasteiger partial charge is 0.305 e. The van der Waals surface area contributed by atoms with Crippen molar-refractivity contribution in [3.8, 4) is 0 Å². The maximum atomic E-state index is 11.6. The number of carbonyl (C=O) groups excluding carboxylic acids is 2. The van der Waals surface area contributed by atoms with Gasteiger partial charge in [0.2, 0.25) is 0 Å². The van der Waals surface area contributed by atoms with Crippen molar-refractivity contribution in [2.75, 3.05) is 6.61 Å². The van der Waals surface area contributed by atoms with Crippen LogP contribution in [0.15, 0.2) is 12.2 Å². The van der Waals surface area contributed by atoms with Crippen LogP contribution in [0, 0.1) is 0 Å². The SMILES string of the molecule is O=C1/C=C/CCCCCCCCC(=O)OCCCCC1. The summed E-state index contributed by atoms with van der Waals surface area (Å²) in [5, 5.41) is 0. The first-order valence-corrected chi connectivity index (χ1v) is 8.14. The van der Waals surface area contributed by atoms with Gasteiger partial charge in [-0.15, -0.1) is 0 Å². The lowest BCUT2D eigenvalue weighted by molar-refractivity contribution is -0.144. The summed E-state index contributed by atoms with van der Waals surface area (Å²) in [5.74, 6) is 0.160. The minimum atomic E-state index is -0.0647. The van der Waals surface area contributed by atoms with E-state index in [1.807, 2.05) is 6.08 Å². The molecule has 0 amide bonds. The van der Waals surface area contributed by atoms with Gasteiger partial charge in [0.05, 0.1) is 6.61 Å². The Kier molecular flexibility index (Phi) is 9.89. The lowest BCUT2D eigenvalue weighted by Crippen LogP contribution is -2.05. The highest BCUT2D eigenvalue weighted by molar-refractivity contribution is 5.89. The summed E-state index contributed by atoms with van der Waals surface area (Å²) in [4.78, 5) is 23.0. The van der Waals surface area contributed by atoms with Crippen molar-refractivity contribution in [1.29, 1.82) is 0 Å². The highest BCUT2D eigenvalue weighted by Gasteiger charge is 2.03. The molecule has 0 fully saturated rings. The Labute approximate surface area is 122 Å². The average Bonchev–Trinajstić information content (AvgIpc) is 2.43. The van der Waals surface area contributed by atoms with Crippen molar-refractivity contribution >= 4 is 11.8 Å². The Morgan fingerprint density at radius 3 is 2.25 bits per heavy atom. The number of hydrogen-bond donors (Lipinski definition) is 0. The van der Waals surface area contributed by atoms with Gasteiger partial charge in [-0.1, -0.05) is 31.8 Å². The van der Waals surface area contributed by atoms with Crippen LogP contribution in [0.25, 0.3) is 0 Å². The predicted molar refractivity (Wildman–Crippen MR) is 80.5 cm³/mol. The van der Waals surface area contributed by atoms with E-state index < -0.39 is 0 Å². The first-order valence-electron chi connectivity index (χ1n) is 8.14. The van der Waals surface area contributed by atoms with Gasteiger partial charge in [-0.3, -0.25) is 9.59 Å². The normalized spacial score (nSPS) is 23.4. The third kappa shape index (κ3) is 9.76. The van der Waals surface area contributed by atoms with Crippen LogP contribution >= 0.6 is 0 Å². The molecular weight excluding hydrogens is 252 g/mol. The molecule has 0 aromatic heterocycles.